The van der Waals surface area contributed by atoms with Crippen LogP contribution in [-0.2, 0) is 32.2 Å². The molecule has 228 valence electrons. The number of hydrogen-bond donors (Lipinski definition) is 2. The van der Waals surface area contributed by atoms with Crippen molar-refractivity contribution in [2.75, 3.05) is 13.1 Å². The maximum absolute atomic E-state index is 13.5. The maximum Gasteiger partial charge on any atom is 0.416 e. The van der Waals surface area contributed by atoms with Crippen LogP contribution in [0.1, 0.15) is 60.9 Å². The van der Waals surface area contributed by atoms with E-state index in [1.54, 1.807) is 20.8 Å². The number of halogens is 6. The summed E-state index contributed by atoms with van der Waals surface area (Å²) in [6, 6.07) is 2.90. The van der Waals surface area contributed by atoms with Crippen LogP contribution in [0.2, 0.25) is 0 Å². The second-order valence-corrected chi connectivity index (χ2v) is 13.1. The average molecular weight is 653 g/mol. The van der Waals surface area contributed by atoms with E-state index in [4.69, 9.17) is 17.3 Å². The number of nitrogens with zero attached hydrogens (tertiary/aromatic N) is 1. The Labute approximate surface area is 251 Å². The molecule has 15 heteroatoms. The lowest BCUT2D eigenvalue weighted by atomic mass is 9.88. The zero-order valence-electron chi connectivity index (χ0n) is 22.5. The van der Waals surface area contributed by atoms with E-state index >= 15 is 0 Å². The highest BCUT2D eigenvalue weighted by Gasteiger charge is 2.38. The van der Waals surface area contributed by atoms with Crippen LogP contribution in [0.5, 0.6) is 0 Å². The summed E-state index contributed by atoms with van der Waals surface area (Å²) in [6.45, 7) is 5.46. The first kappa shape index (κ1) is 33.6. The van der Waals surface area contributed by atoms with E-state index in [0.717, 1.165) is 23.1 Å². The van der Waals surface area contributed by atoms with Gasteiger partial charge in [-0.3, -0.25) is 19.3 Å². The number of hydrogen-bond acceptors (Lipinski definition) is 6. The predicted octanol–water partition coefficient (Wildman–Crippen LogP) is 7.32. The Hall–Kier alpha value is -2.91. The van der Waals surface area contributed by atoms with Crippen molar-refractivity contribution in [3.8, 4) is 11.1 Å². The van der Waals surface area contributed by atoms with Crippen LogP contribution in [0.25, 0.3) is 17.2 Å². The van der Waals surface area contributed by atoms with Gasteiger partial charge in [-0.05, 0) is 53.3 Å². The molecular formula is C27H26F6N2O4S3. The maximum atomic E-state index is 13.5. The lowest BCUT2D eigenvalue weighted by Crippen LogP contribution is -2.33. The molecule has 1 aromatic carbocycles. The molecule has 0 radical (unpaired) electrons. The van der Waals surface area contributed by atoms with E-state index in [0.29, 0.717) is 21.9 Å². The number of alkyl halides is 6. The van der Waals surface area contributed by atoms with Crippen molar-refractivity contribution in [1.29, 1.82) is 0 Å². The zero-order chi connectivity index (χ0) is 31.6. The number of rotatable bonds is 9. The number of thioether (sulfide) groups is 1. The first-order valence-electron chi connectivity index (χ1n) is 12.5. The Balaban J connectivity index is 1.89. The van der Waals surface area contributed by atoms with Gasteiger partial charge in [0.25, 0.3) is 5.91 Å². The molecule has 0 unspecified atom stereocenters. The Kier molecular flexibility index (Phi) is 10.2. The molecule has 1 aromatic heterocycles. The van der Waals surface area contributed by atoms with Crippen LogP contribution in [0.4, 0.5) is 26.3 Å². The van der Waals surface area contributed by atoms with Crippen molar-refractivity contribution in [1.82, 2.24) is 10.2 Å². The molecule has 0 spiro atoms. The molecule has 2 heterocycles. The number of carboxylic acids is 1. The molecular weight excluding hydrogens is 626 g/mol. The molecule has 42 heavy (non-hydrogen) atoms. The summed E-state index contributed by atoms with van der Waals surface area (Å²) < 4.78 is 81.3. The highest BCUT2D eigenvalue weighted by Crippen LogP contribution is 2.45. The SMILES string of the molecule is CC(C)(C)c1sc(/C=C2\SC(=S)N(CCC(=O)NCCCC(=O)O)C2=O)cc1-c1cc(C(F)(F)F)cc(C(F)(F)F)c1. The van der Waals surface area contributed by atoms with Gasteiger partial charge in [-0.2, -0.15) is 26.3 Å². The molecule has 2 amide bonds. The monoisotopic (exact) mass is 652 g/mol. The molecule has 1 fully saturated rings. The smallest absolute Gasteiger partial charge is 0.416 e. The number of amides is 2. The van der Waals surface area contributed by atoms with E-state index in [-0.39, 0.29) is 58.8 Å². The van der Waals surface area contributed by atoms with Crippen molar-refractivity contribution < 1.29 is 45.8 Å². The molecule has 2 N–H and O–H groups in total. The zero-order valence-corrected chi connectivity index (χ0v) is 25.0. The summed E-state index contributed by atoms with van der Waals surface area (Å²) in [7, 11) is 0. The van der Waals surface area contributed by atoms with E-state index < -0.39 is 46.7 Å². The Morgan fingerprint density at radius 3 is 2.12 bits per heavy atom. The third kappa shape index (κ3) is 8.57. The van der Waals surface area contributed by atoms with Gasteiger partial charge in [0.15, 0.2) is 0 Å². The summed E-state index contributed by atoms with van der Waals surface area (Å²) in [5, 5.41) is 11.2. The van der Waals surface area contributed by atoms with Crippen molar-refractivity contribution in [3.05, 3.63) is 50.1 Å². The molecule has 1 aliphatic heterocycles. The summed E-state index contributed by atoms with van der Waals surface area (Å²) in [5.74, 6) is -1.87. The summed E-state index contributed by atoms with van der Waals surface area (Å²) in [6.07, 6.45) is -8.45. The quantitative estimate of drug-likeness (QED) is 0.128. The molecule has 6 nitrogen and oxygen atoms in total. The van der Waals surface area contributed by atoms with Gasteiger partial charge in [-0.15, -0.1) is 11.3 Å². The fraction of sp³-hybridized carbons (Fsp3) is 0.407. The highest BCUT2D eigenvalue weighted by molar-refractivity contribution is 8.26. The lowest BCUT2D eigenvalue weighted by Gasteiger charge is -2.20. The fourth-order valence-electron chi connectivity index (χ4n) is 3.95. The minimum Gasteiger partial charge on any atom is -0.481 e. The first-order valence-corrected chi connectivity index (χ1v) is 14.5. The molecule has 1 aliphatic rings. The number of nitrogens with one attached hydrogen (secondary N) is 1. The van der Waals surface area contributed by atoms with Gasteiger partial charge in [0.1, 0.15) is 4.32 Å². The van der Waals surface area contributed by atoms with Crippen molar-refractivity contribution >= 4 is 63.5 Å². The summed E-state index contributed by atoms with van der Waals surface area (Å²) >= 11 is 7.39. The average Bonchev–Trinajstić information content (AvgIpc) is 3.40. The number of thiocarbonyl (C=S) groups is 1. The summed E-state index contributed by atoms with van der Waals surface area (Å²) in [5.41, 5.74) is -3.57. The summed E-state index contributed by atoms with van der Waals surface area (Å²) in [4.78, 5) is 38.0. The Morgan fingerprint density at radius 2 is 1.60 bits per heavy atom. The Morgan fingerprint density at radius 1 is 1.00 bits per heavy atom. The number of aliphatic carboxylic acids is 1. The van der Waals surface area contributed by atoms with E-state index in [9.17, 15) is 40.7 Å². The number of thiophene rings is 1. The number of carbonyl (C=O) groups is 3. The van der Waals surface area contributed by atoms with Gasteiger partial charge in [-0.1, -0.05) is 44.8 Å². The van der Waals surface area contributed by atoms with Crippen LogP contribution in [0.15, 0.2) is 29.2 Å². The first-order chi connectivity index (χ1) is 19.3. The molecule has 0 aliphatic carbocycles. The largest absolute Gasteiger partial charge is 0.481 e. The minimum atomic E-state index is -5.00. The standard InChI is InChI=1S/C27H26F6N2O4S3/c1-25(2,3)22-18(14-9-15(26(28,29)30)11-16(10-14)27(31,32)33)12-17(41-22)13-19-23(39)35(24(40)42-19)8-6-20(36)34-7-4-5-21(37)38/h9-13H,4-8H2,1-3H3,(H,34,36)(H,37,38)/b19-13-. The third-order valence-corrected chi connectivity index (χ3v) is 8.82. The fourth-order valence-corrected chi connectivity index (χ4v) is 6.51. The van der Waals surface area contributed by atoms with Crippen LogP contribution in [0.3, 0.4) is 0 Å². The van der Waals surface area contributed by atoms with Crippen LogP contribution in [0, 0.1) is 0 Å². The van der Waals surface area contributed by atoms with Gasteiger partial charge in [-0.25, -0.2) is 0 Å². The third-order valence-electron chi connectivity index (χ3n) is 5.93. The van der Waals surface area contributed by atoms with Gasteiger partial charge >= 0.3 is 18.3 Å². The lowest BCUT2D eigenvalue weighted by molar-refractivity contribution is -0.143. The predicted molar refractivity (Wildman–Crippen MR) is 153 cm³/mol. The van der Waals surface area contributed by atoms with E-state index in [2.05, 4.69) is 5.32 Å². The van der Waals surface area contributed by atoms with Gasteiger partial charge in [0, 0.05) is 35.7 Å². The van der Waals surface area contributed by atoms with Crippen molar-refractivity contribution in [3.63, 3.8) is 0 Å². The number of carbonyl (C=O) groups excluding carboxylic acids is 2. The number of carboxylic acid groups (broad SMARTS) is 1. The second kappa shape index (κ2) is 12.8. The normalized spacial score (nSPS) is 15.5. The van der Waals surface area contributed by atoms with Crippen LogP contribution >= 0.6 is 35.3 Å². The van der Waals surface area contributed by atoms with E-state index in [1.165, 1.54) is 17.0 Å². The van der Waals surface area contributed by atoms with Crippen molar-refractivity contribution in [2.45, 2.75) is 57.8 Å². The van der Waals surface area contributed by atoms with Gasteiger partial charge in [0.2, 0.25) is 5.91 Å². The topological polar surface area (TPSA) is 86.7 Å². The Bertz CT molecular complexity index is 1390. The second-order valence-electron chi connectivity index (χ2n) is 10.4. The molecule has 0 atom stereocenters. The number of benzene rings is 1. The molecule has 0 saturated carbocycles. The van der Waals surface area contributed by atoms with E-state index in [1.807, 2.05) is 0 Å². The highest BCUT2D eigenvalue weighted by atomic mass is 32.2. The molecule has 2 aromatic rings. The van der Waals surface area contributed by atoms with Gasteiger partial charge < -0.3 is 10.4 Å². The minimum absolute atomic E-state index is 0.0276. The van der Waals surface area contributed by atoms with Gasteiger partial charge in [0.05, 0.1) is 16.0 Å². The van der Waals surface area contributed by atoms with Crippen molar-refractivity contribution in [2.24, 2.45) is 0 Å². The molecule has 0 bridgehead atoms. The molecule has 1 saturated heterocycles. The van der Waals surface area contributed by atoms with Crippen LogP contribution in [-0.4, -0.2) is 45.2 Å². The molecule has 3 rings (SSSR count). The van der Waals surface area contributed by atoms with Crippen LogP contribution < -0.4 is 5.32 Å².